The summed E-state index contributed by atoms with van der Waals surface area (Å²) in [5, 5.41) is 12.0. The first kappa shape index (κ1) is 18.2. The predicted octanol–water partition coefficient (Wildman–Crippen LogP) is 3.39. The Morgan fingerprint density at radius 2 is 2.29 bits per heavy atom. The number of rotatable bonds is 6. The van der Waals surface area contributed by atoms with E-state index in [4.69, 9.17) is 4.98 Å². The number of carbonyl (C=O) groups excluding carboxylic acids is 1. The van der Waals surface area contributed by atoms with Gasteiger partial charge in [0.15, 0.2) is 0 Å². The van der Waals surface area contributed by atoms with Crippen LogP contribution in [-0.4, -0.2) is 35.0 Å². The number of anilines is 1. The summed E-state index contributed by atoms with van der Waals surface area (Å²) in [6.07, 6.45) is 6.29. The normalized spacial score (nSPS) is 20.9. The predicted molar refractivity (Wildman–Crippen MR) is 115 cm³/mol. The molecule has 0 bridgehead atoms. The highest BCUT2D eigenvalue weighted by Gasteiger charge is 2.31. The SMILES string of the molecule is CC1CC1NCCC(=O)Nc1sc2c(c1-c1nc3cnccc3s1)CCNC2. The Morgan fingerprint density at radius 1 is 1.39 bits per heavy atom. The van der Waals surface area contributed by atoms with Gasteiger partial charge in [0.05, 0.1) is 10.9 Å². The van der Waals surface area contributed by atoms with Crippen molar-refractivity contribution in [2.24, 2.45) is 5.92 Å². The minimum Gasteiger partial charge on any atom is -0.317 e. The van der Waals surface area contributed by atoms with Gasteiger partial charge in [-0.05, 0) is 36.9 Å². The first-order chi connectivity index (χ1) is 13.7. The number of thiophene rings is 1. The molecule has 0 aromatic carbocycles. The monoisotopic (exact) mass is 413 g/mol. The van der Waals surface area contributed by atoms with Crippen LogP contribution in [0, 0.1) is 5.92 Å². The molecular formula is C20H23N5OS2. The average Bonchev–Trinajstić information content (AvgIpc) is 3.10. The van der Waals surface area contributed by atoms with Crippen LogP contribution >= 0.6 is 22.7 Å². The standard InChI is InChI=1S/C20H23N5OS2/c1-11-8-13(11)23-7-4-17(26)25-20-18(12-2-5-22-10-16(12)28-20)19-24-14-9-21-6-3-15(14)27-19/h3,6,9,11,13,22-23H,2,4-5,7-8,10H2,1H3,(H,25,26). The van der Waals surface area contributed by atoms with Crippen molar-refractivity contribution in [2.75, 3.05) is 18.4 Å². The Balaban J connectivity index is 1.40. The van der Waals surface area contributed by atoms with E-state index in [1.54, 1.807) is 35.1 Å². The number of pyridine rings is 1. The van der Waals surface area contributed by atoms with Crippen molar-refractivity contribution in [1.82, 2.24) is 20.6 Å². The first-order valence-electron chi connectivity index (χ1n) is 9.78. The van der Waals surface area contributed by atoms with Crippen molar-refractivity contribution in [3.63, 3.8) is 0 Å². The molecule has 1 aliphatic heterocycles. The van der Waals surface area contributed by atoms with Gasteiger partial charge in [0.2, 0.25) is 5.91 Å². The molecule has 0 saturated heterocycles. The van der Waals surface area contributed by atoms with E-state index in [0.717, 1.165) is 57.8 Å². The highest BCUT2D eigenvalue weighted by atomic mass is 32.1. The van der Waals surface area contributed by atoms with E-state index in [0.29, 0.717) is 12.5 Å². The minimum atomic E-state index is 0.0661. The summed E-state index contributed by atoms with van der Waals surface area (Å²) >= 11 is 3.35. The summed E-state index contributed by atoms with van der Waals surface area (Å²) in [6.45, 7) is 4.79. The molecule has 1 fully saturated rings. The number of aromatic nitrogens is 2. The van der Waals surface area contributed by atoms with Gasteiger partial charge in [0.25, 0.3) is 0 Å². The van der Waals surface area contributed by atoms with Crippen LogP contribution < -0.4 is 16.0 Å². The molecule has 1 amide bonds. The number of hydrogen-bond acceptors (Lipinski definition) is 7. The molecule has 28 heavy (non-hydrogen) atoms. The van der Waals surface area contributed by atoms with Crippen molar-refractivity contribution in [1.29, 1.82) is 0 Å². The molecule has 2 aliphatic rings. The van der Waals surface area contributed by atoms with Gasteiger partial charge in [-0.15, -0.1) is 22.7 Å². The molecule has 4 heterocycles. The summed E-state index contributed by atoms with van der Waals surface area (Å²) in [5.41, 5.74) is 3.35. The van der Waals surface area contributed by atoms with Crippen LogP contribution in [0.4, 0.5) is 5.00 Å². The fourth-order valence-electron chi connectivity index (χ4n) is 3.70. The van der Waals surface area contributed by atoms with Crippen LogP contribution in [0.3, 0.4) is 0 Å². The lowest BCUT2D eigenvalue weighted by Crippen LogP contribution is -2.24. The van der Waals surface area contributed by atoms with Gasteiger partial charge < -0.3 is 16.0 Å². The maximum Gasteiger partial charge on any atom is 0.226 e. The molecule has 0 spiro atoms. The van der Waals surface area contributed by atoms with Crippen LogP contribution in [-0.2, 0) is 17.8 Å². The Bertz CT molecular complexity index is 994. The van der Waals surface area contributed by atoms with Crippen molar-refractivity contribution < 1.29 is 4.79 Å². The highest BCUT2D eigenvalue weighted by molar-refractivity contribution is 7.22. The zero-order valence-electron chi connectivity index (χ0n) is 15.7. The van der Waals surface area contributed by atoms with E-state index in [1.807, 2.05) is 6.07 Å². The molecule has 3 aromatic heterocycles. The topological polar surface area (TPSA) is 78.9 Å². The van der Waals surface area contributed by atoms with Crippen LogP contribution in [0.1, 0.15) is 30.2 Å². The maximum absolute atomic E-state index is 12.6. The number of hydrogen-bond donors (Lipinski definition) is 3. The molecule has 2 unspecified atom stereocenters. The Hall–Kier alpha value is -1.87. The third kappa shape index (κ3) is 3.57. The lowest BCUT2D eigenvalue weighted by atomic mass is 10.0. The smallest absolute Gasteiger partial charge is 0.226 e. The van der Waals surface area contributed by atoms with E-state index >= 15 is 0 Å². The first-order valence-corrected chi connectivity index (χ1v) is 11.4. The average molecular weight is 414 g/mol. The molecule has 1 aliphatic carbocycles. The number of nitrogens with zero attached hydrogens (tertiary/aromatic N) is 2. The molecular weight excluding hydrogens is 390 g/mol. The van der Waals surface area contributed by atoms with E-state index in [1.165, 1.54) is 16.9 Å². The summed E-state index contributed by atoms with van der Waals surface area (Å²) in [7, 11) is 0. The van der Waals surface area contributed by atoms with Crippen LogP contribution in [0.5, 0.6) is 0 Å². The summed E-state index contributed by atoms with van der Waals surface area (Å²) < 4.78 is 1.12. The lowest BCUT2D eigenvalue weighted by Gasteiger charge is -2.13. The minimum absolute atomic E-state index is 0.0661. The van der Waals surface area contributed by atoms with Gasteiger partial charge in [-0.2, -0.15) is 0 Å². The van der Waals surface area contributed by atoms with Gasteiger partial charge in [-0.25, -0.2) is 4.98 Å². The second-order valence-corrected chi connectivity index (χ2v) is 9.70. The van der Waals surface area contributed by atoms with Crippen LogP contribution in [0.25, 0.3) is 20.8 Å². The number of amides is 1. The van der Waals surface area contributed by atoms with E-state index in [2.05, 4.69) is 27.9 Å². The quantitative estimate of drug-likeness (QED) is 0.577. The summed E-state index contributed by atoms with van der Waals surface area (Å²) in [6, 6.07) is 2.60. The zero-order chi connectivity index (χ0) is 19.1. The van der Waals surface area contributed by atoms with Crippen molar-refractivity contribution in [2.45, 2.75) is 38.8 Å². The molecule has 8 heteroatoms. The largest absolute Gasteiger partial charge is 0.317 e. The molecule has 3 aromatic rings. The van der Waals surface area contributed by atoms with Gasteiger partial charge in [-0.3, -0.25) is 9.78 Å². The second kappa shape index (κ2) is 7.51. The van der Waals surface area contributed by atoms with E-state index in [9.17, 15) is 4.79 Å². The van der Waals surface area contributed by atoms with Gasteiger partial charge in [0.1, 0.15) is 15.5 Å². The number of fused-ring (bicyclic) bond motifs is 2. The third-order valence-corrected chi connectivity index (χ3v) is 7.65. The highest BCUT2D eigenvalue weighted by Crippen LogP contribution is 2.44. The van der Waals surface area contributed by atoms with Gasteiger partial charge in [-0.1, -0.05) is 6.92 Å². The Morgan fingerprint density at radius 3 is 3.11 bits per heavy atom. The zero-order valence-corrected chi connectivity index (χ0v) is 17.4. The lowest BCUT2D eigenvalue weighted by molar-refractivity contribution is -0.116. The molecule has 0 radical (unpaired) electrons. The van der Waals surface area contributed by atoms with Gasteiger partial charge in [0, 0.05) is 42.2 Å². The van der Waals surface area contributed by atoms with Crippen LogP contribution in [0.2, 0.25) is 0 Å². The van der Waals surface area contributed by atoms with Crippen molar-refractivity contribution in [3.8, 4) is 10.6 Å². The molecule has 146 valence electrons. The molecule has 6 nitrogen and oxygen atoms in total. The molecule has 2 atom stereocenters. The van der Waals surface area contributed by atoms with Gasteiger partial charge >= 0.3 is 0 Å². The number of nitrogens with one attached hydrogen (secondary N) is 3. The maximum atomic E-state index is 12.6. The van der Waals surface area contributed by atoms with E-state index in [-0.39, 0.29) is 5.91 Å². The van der Waals surface area contributed by atoms with Crippen LogP contribution in [0.15, 0.2) is 18.5 Å². The van der Waals surface area contributed by atoms with Crippen molar-refractivity contribution in [3.05, 3.63) is 28.9 Å². The van der Waals surface area contributed by atoms with E-state index < -0.39 is 0 Å². The second-order valence-electron chi connectivity index (χ2n) is 7.57. The molecule has 5 rings (SSSR count). The Kier molecular flexibility index (Phi) is 4.88. The van der Waals surface area contributed by atoms with Crippen molar-refractivity contribution >= 4 is 43.8 Å². The fraction of sp³-hybridized carbons (Fsp3) is 0.450. The molecule has 3 N–H and O–H groups in total. The summed E-state index contributed by atoms with van der Waals surface area (Å²) in [4.78, 5) is 22.9. The third-order valence-electron chi connectivity index (χ3n) is 5.45. The number of carbonyl (C=O) groups is 1. The molecule has 1 saturated carbocycles. The fourth-order valence-corrected chi connectivity index (χ4v) is 6.01. The summed E-state index contributed by atoms with van der Waals surface area (Å²) in [5.74, 6) is 0.816. The number of thiazole rings is 1. The Labute approximate surface area is 171 Å².